The van der Waals surface area contributed by atoms with Gasteiger partial charge >= 0.3 is 10.1 Å². The maximum atomic E-state index is 12.8. The quantitative estimate of drug-likeness (QED) is 0.544. The Morgan fingerprint density at radius 2 is 1.83 bits per heavy atom. The average molecular weight is 423 g/mol. The third kappa shape index (κ3) is 6.52. The molecule has 0 radical (unpaired) electrons. The van der Waals surface area contributed by atoms with Gasteiger partial charge in [-0.1, -0.05) is 19.9 Å². The molecule has 0 atom stereocenters. The van der Waals surface area contributed by atoms with Crippen LogP contribution in [0.4, 0.5) is 5.69 Å². The fourth-order valence-corrected chi connectivity index (χ4v) is 3.55. The molecule has 7 nitrogen and oxygen atoms in total. The lowest BCUT2D eigenvalue weighted by Gasteiger charge is -2.26. The predicted octanol–water partition coefficient (Wildman–Crippen LogP) is 3.65. The van der Waals surface area contributed by atoms with Crippen molar-refractivity contribution in [2.24, 2.45) is 5.92 Å². The van der Waals surface area contributed by atoms with E-state index in [0.29, 0.717) is 17.9 Å². The largest absolute Gasteiger partial charge is 0.467 e. The lowest BCUT2D eigenvalue weighted by atomic mass is 10.1. The third-order valence-corrected chi connectivity index (χ3v) is 5.00. The Bertz CT molecular complexity index is 903. The van der Waals surface area contributed by atoms with Crippen molar-refractivity contribution in [2.45, 2.75) is 40.8 Å². The summed E-state index contributed by atoms with van der Waals surface area (Å²) in [4.78, 5) is 16.5. The normalized spacial score (nSPS) is 11.5. The van der Waals surface area contributed by atoms with E-state index in [9.17, 15) is 13.2 Å². The Kier molecular flexibility index (Phi) is 7.73. The van der Waals surface area contributed by atoms with Crippen molar-refractivity contribution in [2.75, 3.05) is 24.2 Å². The number of amides is 1. The summed E-state index contributed by atoms with van der Waals surface area (Å²) in [6.07, 6.45) is 2.57. The molecule has 160 valence electrons. The van der Waals surface area contributed by atoms with E-state index >= 15 is 0 Å². The van der Waals surface area contributed by atoms with Gasteiger partial charge in [0.15, 0.2) is 0 Å². The number of rotatable bonds is 10. The monoisotopic (exact) mass is 422 g/mol. The van der Waals surface area contributed by atoms with E-state index in [-0.39, 0.29) is 24.1 Å². The fraction of sp³-hybridized carbons (Fsp3) is 0.476. The molecule has 0 aliphatic heterocycles. The van der Waals surface area contributed by atoms with E-state index < -0.39 is 10.1 Å². The molecule has 1 aromatic heterocycles. The molecule has 0 aliphatic carbocycles. The van der Waals surface area contributed by atoms with Crippen LogP contribution in [-0.2, 0) is 28.0 Å². The van der Waals surface area contributed by atoms with Crippen LogP contribution in [0, 0.1) is 5.92 Å². The van der Waals surface area contributed by atoms with Gasteiger partial charge in [0.1, 0.15) is 11.5 Å². The number of carbonyl (C=O) groups is 1. The molecule has 1 amide bonds. The number of furan rings is 1. The first-order valence-corrected chi connectivity index (χ1v) is 11.5. The average Bonchev–Trinajstić information content (AvgIpc) is 3.15. The van der Waals surface area contributed by atoms with E-state index in [2.05, 4.69) is 4.90 Å². The van der Waals surface area contributed by atoms with Crippen LogP contribution in [0.1, 0.15) is 39.0 Å². The van der Waals surface area contributed by atoms with Crippen LogP contribution >= 0.6 is 0 Å². The first-order chi connectivity index (χ1) is 13.6. The van der Waals surface area contributed by atoms with Gasteiger partial charge in [-0.05, 0) is 32.0 Å². The summed E-state index contributed by atoms with van der Waals surface area (Å²) in [6, 6.07) is 9.02. The van der Waals surface area contributed by atoms with E-state index in [1.807, 2.05) is 39.8 Å². The lowest BCUT2D eigenvalue weighted by Crippen LogP contribution is -2.33. The Morgan fingerprint density at radius 1 is 1.14 bits per heavy atom. The summed E-state index contributed by atoms with van der Waals surface area (Å²) in [5.74, 6) is 0.626. The van der Waals surface area contributed by atoms with Gasteiger partial charge in [0.05, 0.1) is 19.1 Å². The number of hydrogen-bond acceptors (Lipinski definition) is 6. The molecule has 0 unspecified atom stereocenters. The topological polar surface area (TPSA) is 80.1 Å². The zero-order valence-corrected chi connectivity index (χ0v) is 18.5. The van der Waals surface area contributed by atoms with Crippen molar-refractivity contribution >= 4 is 21.7 Å². The highest BCUT2D eigenvalue weighted by Gasteiger charge is 2.22. The van der Waals surface area contributed by atoms with Crippen molar-refractivity contribution in [1.29, 1.82) is 0 Å². The van der Waals surface area contributed by atoms with Crippen LogP contribution in [0.5, 0.6) is 5.75 Å². The minimum absolute atomic E-state index is 0.0560. The number of nitrogens with zero attached hydrogens (tertiary/aromatic N) is 2. The van der Waals surface area contributed by atoms with E-state index in [0.717, 1.165) is 25.0 Å². The third-order valence-electron chi connectivity index (χ3n) is 4.51. The van der Waals surface area contributed by atoms with Gasteiger partial charge in [-0.3, -0.25) is 4.79 Å². The highest BCUT2D eigenvalue weighted by molar-refractivity contribution is 7.86. The van der Waals surface area contributed by atoms with Crippen molar-refractivity contribution in [3.63, 3.8) is 0 Å². The standard InChI is InChI=1S/C21H30N2O5S/c1-6-22(7-2)18-11-10-17(20(13-18)28-29(5,25)26)14-23(21(24)16(3)4)15-19-9-8-12-27-19/h8-13,16H,6-7,14-15H2,1-5H3. The zero-order valence-electron chi connectivity index (χ0n) is 17.7. The van der Waals surface area contributed by atoms with Gasteiger partial charge < -0.3 is 18.4 Å². The highest BCUT2D eigenvalue weighted by atomic mass is 32.2. The minimum atomic E-state index is -3.72. The van der Waals surface area contributed by atoms with Crippen molar-refractivity contribution in [1.82, 2.24) is 4.90 Å². The lowest BCUT2D eigenvalue weighted by molar-refractivity contribution is -0.136. The minimum Gasteiger partial charge on any atom is -0.467 e. The summed E-state index contributed by atoms with van der Waals surface area (Å²) in [7, 11) is -3.72. The van der Waals surface area contributed by atoms with Crippen molar-refractivity contribution in [3.8, 4) is 5.75 Å². The van der Waals surface area contributed by atoms with E-state index in [1.54, 1.807) is 29.4 Å². The van der Waals surface area contributed by atoms with Crippen LogP contribution < -0.4 is 9.08 Å². The maximum Gasteiger partial charge on any atom is 0.306 e. The molecule has 0 fully saturated rings. The fourth-order valence-electron chi connectivity index (χ4n) is 3.07. The molecule has 1 aromatic carbocycles. The van der Waals surface area contributed by atoms with E-state index in [1.165, 1.54) is 0 Å². The number of carbonyl (C=O) groups excluding carboxylic acids is 1. The first-order valence-electron chi connectivity index (χ1n) is 9.73. The molecule has 8 heteroatoms. The van der Waals surface area contributed by atoms with E-state index in [4.69, 9.17) is 8.60 Å². The van der Waals surface area contributed by atoms with Gasteiger partial charge in [0.25, 0.3) is 0 Å². The SMILES string of the molecule is CCN(CC)c1ccc(CN(Cc2ccco2)C(=O)C(C)C)c(OS(C)(=O)=O)c1. The van der Waals surface area contributed by atoms with Gasteiger partial charge in [-0.25, -0.2) is 0 Å². The molecular formula is C21H30N2O5S. The summed E-state index contributed by atoms with van der Waals surface area (Å²) in [6.45, 7) is 9.78. The van der Waals surface area contributed by atoms with Crippen LogP contribution in [0.3, 0.4) is 0 Å². The van der Waals surface area contributed by atoms with Crippen LogP contribution in [0.2, 0.25) is 0 Å². The maximum absolute atomic E-state index is 12.8. The van der Waals surface area contributed by atoms with Gasteiger partial charge in [-0.2, -0.15) is 8.42 Å². The Hall–Kier alpha value is -2.48. The van der Waals surface area contributed by atoms with Gasteiger partial charge in [-0.15, -0.1) is 0 Å². The Labute approximate surface area is 173 Å². The number of hydrogen-bond donors (Lipinski definition) is 0. The molecule has 2 rings (SSSR count). The second-order valence-corrected chi connectivity index (χ2v) is 8.76. The molecule has 29 heavy (non-hydrogen) atoms. The second kappa shape index (κ2) is 9.82. The molecule has 1 heterocycles. The second-order valence-electron chi connectivity index (χ2n) is 7.18. The summed E-state index contributed by atoms with van der Waals surface area (Å²) in [5.41, 5.74) is 1.48. The molecule has 0 bridgehead atoms. The number of anilines is 1. The van der Waals surface area contributed by atoms with Gasteiger partial charge in [0.2, 0.25) is 5.91 Å². The Morgan fingerprint density at radius 3 is 2.34 bits per heavy atom. The van der Waals surface area contributed by atoms with Crippen LogP contribution in [-0.4, -0.2) is 38.6 Å². The molecular weight excluding hydrogens is 392 g/mol. The molecule has 0 saturated carbocycles. The predicted molar refractivity (Wildman–Crippen MR) is 113 cm³/mol. The zero-order chi connectivity index (χ0) is 21.6. The van der Waals surface area contributed by atoms with Crippen molar-refractivity contribution < 1.29 is 21.8 Å². The summed E-state index contributed by atoms with van der Waals surface area (Å²) < 4.78 is 34.3. The molecule has 0 aliphatic rings. The molecule has 2 aromatic rings. The van der Waals surface area contributed by atoms with Crippen LogP contribution in [0.25, 0.3) is 0 Å². The first kappa shape index (κ1) is 22.8. The summed E-state index contributed by atoms with van der Waals surface area (Å²) in [5, 5.41) is 0. The van der Waals surface area contributed by atoms with Gasteiger partial charge in [0, 0.05) is 42.9 Å². The smallest absolute Gasteiger partial charge is 0.306 e. The molecule has 0 N–H and O–H groups in total. The summed E-state index contributed by atoms with van der Waals surface area (Å²) >= 11 is 0. The Balaban J connectivity index is 2.41. The molecule has 0 spiro atoms. The van der Waals surface area contributed by atoms with Crippen molar-refractivity contribution in [3.05, 3.63) is 47.9 Å². The number of benzene rings is 1. The molecule has 0 saturated heterocycles. The highest BCUT2D eigenvalue weighted by Crippen LogP contribution is 2.29. The van der Waals surface area contributed by atoms with Crippen LogP contribution in [0.15, 0.2) is 41.0 Å².